The summed E-state index contributed by atoms with van der Waals surface area (Å²) in [5, 5.41) is 0. The van der Waals surface area contributed by atoms with E-state index in [0.717, 1.165) is 23.7 Å². The summed E-state index contributed by atoms with van der Waals surface area (Å²) in [6, 6.07) is 9.22. The van der Waals surface area contributed by atoms with Crippen molar-refractivity contribution in [2.24, 2.45) is 17.8 Å². The topological polar surface area (TPSA) is 0 Å². The van der Waals surface area contributed by atoms with E-state index in [9.17, 15) is 0 Å². The van der Waals surface area contributed by atoms with Gasteiger partial charge in [0.2, 0.25) is 0 Å². The van der Waals surface area contributed by atoms with E-state index < -0.39 is 0 Å². The minimum absolute atomic E-state index is 0.907. The van der Waals surface area contributed by atoms with E-state index in [1.807, 2.05) is 0 Å². The number of hydrogen-bond donors (Lipinski definition) is 0. The molecule has 0 spiro atoms. The van der Waals surface area contributed by atoms with Crippen LogP contribution in [0.15, 0.2) is 24.3 Å². The maximum Gasteiger partial charge on any atom is 0.0130 e. The van der Waals surface area contributed by atoms with Gasteiger partial charge in [-0.1, -0.05) is 31.9 Å². The van der Waals surface area contributed by atoms with Crippen molar-refractivity contribution in [2.75, 3.05) is 0 Å². The lowest BCUT2D eigenvalue weighted by molar-refractivity contribution is 0.470. The van der Waals surface area contributed by atoms with E-state index in [-0.39, 0.29) is 0 Å². The predicted octanol–water partition coefficient (Wildman–Crippen LogP) is 4.83. The van der Waals surface area contributed by atoms with Gasteiger partial charge in [0.25, 0.3) is 0 Å². The monoisotopic (exact) mass is 326 g/mol. The van der Waals surface area contributed by atoms with Crippen molar-refractivity contribution < 1.29 is 0 Å². The van der Waals surface area contributed by atoms with Crippen LogP contribution < -0.4 is 0 Å². The minimum Gasteiger partial charge on any atom is -0.0625 e. The summed E-state index contributed by atoms with van der Waals surface area (Å²) in [4.78, 5) is 0. The second-order valence-corrected chi connectivity index (χ2v) is 6.91. The Morgan fingerprint density at radius 2 is 1.50 bits per heavy atom. The minimum atomic E-state index is 0.907. The Labute approximate surface area is 112 Å². The molecule has 0 nitrogen and oxygen atoms in total. The maximum absolute atomic E-state index is 2.42. The van der Waals surface area contributed by atoms with E-state index in [1.165, 1.54) is 29.3 Å². The summed E-state index contributed by atoms with van der Waals surface area (Å²) in [5.41, 5.74) is 1.60. The molecule has 0 aliphatic heterocycles. The molecule has 2 fully saturated rings. The molecule has 2 aliphatic rings. The number of benzene rings is 1. The van der Waals surface area contributed by atoms with Gasteiger partial charge < -0.3 is 0 Å². The first kappa shape index (κ1) is 11.1. The summed E-state index contributed by atoms with van der Waals surface area (Å²) in [5.74, 6) is 3.92. The largest absolute Gasteiger partial charge is 0.0625 e. The number of rotatable bonds is 1. The Morgan fingerprint density at radius 3 is 2.06 bits per heavy atom. The fraction of sp³-hybridized carbons (Fsp3) is 0.600. The SMILES string of the molecule is CC1CCC2C(CC1)C2c1ccc(I)cc1. The van der Waals surface area contributed by atoms with Crippen LogP contribution in [0.1, 0.15) is 44.1 Å². The standard InChI is InChI=1S/C15H19I/c1-10-2-8-13-14(9-3-10)15(13)11-4-6-12(16)7-5-11/h4-7,10,13-15H,2-3,8-9H2,1H3. The highest BCUT2D eigenvalue weighted by Crippen LogP contribution is 2.60. The molecule has 1 aromatic carbocycles. The summed E-state index contributed by atoms with van der Waals surface area (Å²) in [6.07, 6.45) is 5.87. The highest BCUT2D eigenvalue weighted by atomic mass is 127. The van der Waals surface area contributed by atoms with Crippen molar-refractivity contribution in [2.45, 2.75) is 38.5 Å². The van der Waals surface area contributed by atoms with Gasteiger partial charge in [-0.3, -0.25) is 0 Å². The third-order valence-electron chi connectivity index (χ3n) is 4.57. The molecule has 3 rings (SSSR count). The Bertz CT molecular complexity index is 354. The third kappa shape index (κ3) is 2.03. The van der Waals surface area contributed by atoms with Crippen molar-refractivity contribution in [3.63, 3.8) is 0 Å². The second kappa shape index (κ2) is 4.32. The molecule has 0 saturated heterocycles. The van der Waals surface area contributed by atoms with E-state index in [2.05, 4.69) is 53.8 Å². The highest BCUT2D eigenvalue weighted by molar-refractivity contribution is 14.1. The lowest BCUT2D eigenvalue weighted by atomic mass is 9.97. The summed E-state index contributed by atoms with van der Waals surface area (Å²) < 4.78 is 1.36. The van der Waals surface area contributed by atoms with Gasteiger partial charge >= 0.3 is 0 Å². The van der Waals surface area contributed by atoms with Crippen molar-refractivity contribution >= 4 is 22.6 Å². The second-order valence-electron chi connectivity index (χ2n) is 5.66. The molecule has 0 bridgehead atoms. The maximum atomic E-state index is 2.42. The molecule has 1 aromatic rings. The first-order valence-electron chi connectivity index (χ1n) is 6.51. The van der Waals surface area contributed by atoms with Crippen LogP contribution in [0.25, 0.3) is 0 Å². The summed E-state index contributed by atoms with van der Waals surface area (Å²) in [6.45, 7) is 2.42. The fourth-order valence-corrected chi connectivity index (χ4v) is 3.87. The summed E-state index contributed by atoms with van der Waals surface area (Å²) >= 11 is 2.39. The molecule has 2 unspecified atom stereocenters. The van der Waals surface area contributed by atoms with E-state index in [1.54, 1.807) is 5.56 Å². The van der Waals surface area contributed by atoms with Crippen LogP contribution in [0, 0.1) is 21.3 Å². The van der Waals surface area contributed by atoms with Gasteiger partial charge in [-0.15, -0.1) is 0 Å². The molecule has 86 valence electrons. The van der Waals surface area contributed by atoms with Crippen LogP contribution in [0.3, 0.4) is 0 Å². The number of fused-ring (bicyclic) bond motifs is 1. The molecule has 0 N–H and O–H groups in total. The van der Waals surface area contributed by atoms with E-state index in [0.29, 0.717) is 0 Å². The predicted molar refractivity (Wildman–Crippen MR) is 76.5 cm³/mol. The van der Waals surface area contributed by atoms with E-state index >= 15 is 0 Å². The van der Waals surface area contributed by atoms with Gasteiger partial charge in [0.05, 0.1) is 0 Å². The molecule has 2 aliphatic carbocycles. The average molecular weight is 326 g/mol. The molecule has 0 heterocycles. The Kier molecular flexibility index (Phi) is 2.99. The van der Waals surface area contributed by atoms with Crippen LogP contribution in [-0.4, -0.2) is 0 Å². The lowest BCUT2D eigenvalue weighted by Gasteiger charge is -2.09. The average Bonchev–Trinajstić information content (AvgIpc) is 2.99. The molecule has 0 aromatic heterocycles. The zero-order valence-corrected chi connectivity index (χ0v) is 12.0. The molecule has 0 amide bonds. The van der Waals surface area contributed by atoms with Gasteiger partial charge in [-0.2, -0.15) is 0 Å². The van der Waals surface area contributed by atoms with Crippen molar-refractivity contribution in [3.05, 3.63) is 33.4 Å². The zero-order valence-electron chi connectivity index (χ0n) is 9.83. The van der Waals surface area contributed by atoms with Gasteiger partial charge in [0.15, 0.2) is 0 Å². The van der Waals surface area contributed by atoms with Gasteiger partial charge in [0, 0.05) is 3.57 Å². The first-order valence-corrected chi connectivity index (χ1v) is 7.59. The number of hydrogen-bond acceptors (Lipinski definition) is 0. The van der Waals surface area contributed by atoms with Gasteiger partial charge in [-0.05, 0) is 76.8 Å². The van der Waals surface area contributed by atoms with E-state index in [4.69, 9.17) is 0 Å². The smallest absolute Gasteiger partial charge is 0.0130 e. The van der Waals surface area contributed by atoms with Crippen LogP contribution in [0.4, 0.5) is 0 Å². The van der Waals surface area contributed by atoms with Crippen LogP contribution in [-0.2, 0) is 0 Å². The zero-order chi connectivity index (χ0) is 11.1. The highest BCUT2D eigenvalue weighted by Gasteiger charge is 2.50. The van der Waals surface area contributed by atoms with Gasteiger partial charge in [-0.25, -0.2) is 0 Å². The van der Waals surface area contributed by atoms with Crippen LogP contribution in [0.2, 0.25) is 0 Å². The van der Waals surface area contributed by atoms with Crippen molar-refractivity contribution in [1.82, 2.24) is 0 Å². The normalized spacial score (nSPS) is 37.6. The Hall–Kier alpha value is -0.0500. The molecule has 16 heavy (non-hydrogen) atoms. The van der Waals surface area contributed by atoms with Crippen molar-refractivity contribution in [3.8, 4) is 0 Å². The lowest BCUT2D eigenvalue weighted by Crippen LogP contribution is -1.95. The summed E-state index contributed by atoms with van der Waals surface area (Å²) in [7, 11) is 0. The molecular weight excluding hydrogens is 307 g/mol. The Balaban J connectivity index is 1.73. The molecule has 0 radical (unpaired) electrons. The van der Waals surface area contributed by atoms with Gasteiger partial charge in [0.1, 0.15) is 0 Å². The molecule has 1 heteroatoms. The third-order valence-corrected chi connectivity index (χ3v) is 5.29. The molecule has 2 atom stereocenters. The Morgan fingerprint density at radius 1 is 0.938 bits per heavy atom. The molecule has 2 saturated carbocycles. The fourth-order valence-electron chi connectivity index (χ4n) is 3.51. The van der Waals surface area contributed by atoms with Crippen LogP contribution >= 0.6 is 22.6 Å². The molecular formula is C15H19I. The number of halogens is 1. The quantitative estimate of drug-likeness (QED) is 0.649. The van der Waals surface area contributed by atoms with Crippen LogP contribution in [0.5, 0.6) is 0 Å². The van der Waals surface area contributed by atoms with Crippen molar-refractivity contribution in [1.29, 1.82) is 0 Å². The first-order chi connectivity index (χ1) is 7.75.